The van der Waals surface area contributed by atoms with Crippen LogP contribution in [0.4, 0.5) is 17.1 Å². The lowest BCUT2D eigenvalue weighted by Gasteiger charge is -2.11. The molecule has 90 valence electrons. The van der Waals surface area contributed by atoms with Crippen LogP contribution in [0.2, 0.25) is 0 Å². The number of aromatic amines is 1. The Balaban J connectivity index is 2.02. The Labute approximate surface area is 106 Å². The molecule has 0 aliphatic carbocycles. The number of anilines is 3. The van der Waals surface area contributed by atoms with Crippen LogP contribution in [0.3, 0.4) is 0 Å². The third-order valence-corrected chi connectivity index (χ3v) is 3.17. The van der Waals surface area contributed by atoms with Gasteiger partial charge in [0.1, 0.15) is 0 Å². The second kappa shape index (κ2) is 4.11. The molecule has 0 amide bonds. The largest absolute Gasteiger partial charge is 0.399 e. The molecule has 0 saturated heterocycles. The smallest absolute Gasteiger partial charge is 0.0458 e. The number of nitrogen functional groups attached to an aromatic ring is 1. The van der Waals surface area contributed by atoms with Crippen molar-refractivity contribution >= 4 is 28.0 Å². The van der Waals surface area contributed by atoms with Gasteiger partial charge in [-0.05, 0) is 48.9 Å². The number of nitrogens with one attached hydrogen (secondary N) is 2. The summed E-state index contributed by atoms with van der Waals surface area (Å²) >= 11 is 0. The summed E-state index contributed by atoms with van der Waals surface area (Å²) in [5.41, 5.74) is 11.0. The minimum absolute atomic E-state index is 0.764. The zero-order valence-corrected chi connectivity index (χ0v) is 10.2. The lowest BCUT2D eigenvalue weighted by atomic mass is 10.1. The molecule has 2 aromatic carbocycles. The number of hydrogen-bond acceptors (Lipinski definition) is 2. The highest BCUT2D eigenvalue weighted by atomic mass is 14.9. The van der Waals surface area contributed by atoms with E-state index < -0.39 is 0 Å². The van der Waals surface area contributed by atoms with Crippen LogP contribution in [0.25, 0.3) is 10.9 Å². The molecule has 0 fully saturated rings. The Morgan fingerprint density at radius 2 is 2.00 bits per heavy atom. The fraction of sp³-hybridized carbons (Fsp3) is 0.0667. The first-order valence-electron chi connectivity index (χ1n) is 5.93. The van der Waals surface area contributed by atoms with Crippen LogP contribution < -0.4 is 11.1 Å². The fourth-order valence-electron chi connectivity index (χ4n) is 2.19. The highest BCUT2D eigenvalue weighted by Gasteiger charge is 2.04. The van der Waals surface area contributed by atoms with Gasteiger partial charge in [0.25, 0.3) is 0 Å². The average Bonchev–Trinajstić information content (AvgIpc) is 2.82. The quantitative estimate of drug-likeness (QED) is 0.594. The lowest BCUT2D eigenvalue weighted by molar-refractivity contribution is 1.45. The van der Waals surface area contributed by atoms with Crippen LogP contribution in [0.1, 0.15) is 5.56 Å². The molecule has 18 heavy (non-hydrogen) atoms. The van der Waals surface area contributed by atoms with E-state index in [0.717, 1.165) is 22.6 Å². The van der Waals surface area contributed by atoms with E-state index in [1.54, 1.807) is 0 Å². The van der Waals surface area contributed by atoms with Gasteiger partial charge in [-0.25, -0.2) is 0 Å². The van der Waals surface area contributed by atoms with Gasteiger partial charge in [0.05, 0.1) is 0 Å². The number of fused-ring (bicyclic) bond motifs is 1. The molecule has 0 unspecified atom stereocenters. The molecule has 0 atom stereocenters. The fourth-order valence-corrected chi connectivity index (χ4v) is 2.19. The zero-order chi connectivity index (χ0) is 12.5. The van der Waals surface area contributed by atoms with E-state index in [4.69, 9.17) is 5.73 Å². The van der Waals surface area contributed by atoms with Crippen molar-refractivity contribution in [2.24, 2.45) is 0 Å². The van der Waals surface area contributed by atoms with Crippen molar-refractivity contribution < 1.29 is 0 Å². The van der Waals surface area contributed by atoms with Gasteiger partial charge in [-0.15, -0.1) is 0 Å². The third-order valence-electron chi connectivity index (χ3n) is 3.17. The second-order valence-electron chi connectivity index (χ2n) is 4.43. The van der Waals surface area contributed by atoms with E-state index in [1.807, 2.05) is 30.5 Å². The first kappa shape index (κ1) is 10.7. The van der Waals surface area contributed by atoms with Crippen molar-refractivity contribution in [1.82, 2.24) is 4.98 Å². The van der Waals surface area contributed by atoms with Crippen molar-refractivity contribution in [3.63, 3.8) is 0 Å². The number of aryl methyl sites for hydroxylation is 1. The molecule has 4 N–H and O–H groups in total. The van der Waals surface area contributed by atoms with Gasteiger partial charge >= 0.3 is 0 Å². The second-order valence-corrected chi connectivity index (χ2v) is 4.43. The summed E-state index contributed by atoms with van der Waals surface area (Å²) in [4.78, 5) is 3.21. The Kier molecular flexibility index (Phi) is 2.45. The Hall–Kier alpha value is -2.42. The summed E-state index contributed by atoms with van der Waals surface area (Å²) in [6, 6.07) is 14.0. The predicted octanol–water partition coefficient (Wildman–Crippen LogP) is 3.80. The van der Waals surface area contributed by atoms with Crippen LogP contribution in [0.15, 0.2) is 48.7 Å². The standard InChI is InChI=1S/C15H15N3/c1-10-13-7-8-17-15(13)6-5-14(10)18-12-4-2-3-11(16)9-12/h2-9,17-18H,16H2,1H3. The summed E-state index contributed by atoms with van der Waals surface area (Å²) in [6.45, 7) is 2.12. The molecular formula is C15H15N3. The molecular weight excluding hydrogens is 222 g/mol. The van der Waals surface area contributed by atoms with Crippen LogP contribution in [-0.4, -0.2) is 4.98 Å². The maximum atomic E-state index is 5.78. The SMILES string of the molecule is Cc1c(Nc2cccc(N)c2)ccc2[nH]ccc12. The Morgan fingerprint density at radius 3 is 2.83 bits per heavy atom. The van der Waals surface area contributed by atoms with Gasteiger partial charge in [-0.3, -0.25) is 0 Å². The summed E-state index contributed by atoms with van der Waals surface area (Å²) < 4.78 is 0. The molecule has 3 rings (SSSR count). The Bertz CT molecular complexity index is 698. The van der Waals surface area contributed by atoms with Gasteiger partial charge in [0, 0.05) is 34.2 Å². The molecule has 0 aliphatic rings. The van der Waals surface area contributed by atoms with E-state index >= 15 is 0 Å². The first-order valence-corrected chi connectivity index (χ1v) is 5.93. The van der Waals surface area contributed by atoms with Crippen molar-refractivity contribution in [3.8, 4) is 0 Å². The average molecular weight is 237 g/mol. The number of H-pyrrole nitrogens is 1. The van der Waals surface area contributed by atoms with Crippen molar-refractivity contribution in [2.45, 2.75) is 6.92 Å². The maximum absolute atomic E-state index is 5.78. The van der Waals surface area contributed by atoms with Crippen molar-refractivity contribution in [2.75, 3.05) is 11.1 Å². The molecule has 0 aliphatic heterocycles. The van der Waals surface area contributed by atoms with E-state index in [2.05, 4.69) is 35.4 Å². The molecule has 3 nitrogen and oxygen atoms in total. The van der Waals surface area contributed by atoms with Gasteiger partial charge in [0.15, 0.2) is 0 Å². The normalized spacial score (nSPS) is 10.7. The predicted molar refractivity (Wildman–Crippen MR) is 77.2 cm³/mol. The van der Waals surface area contributed by atoms with E-state index in [9.17, 15) is 0 Å². The topological polar surface area (TPSA) is 53.8 Å². The summed E-state index contributed by atoms with van der Waals surface area (Å²) in [6.07, 6.45) is 1.96. The van der Waals surface area contributed by atoms with E-state index in [0.29, 0.717) is 0 Å². The van der Waals surface area contributed by atoms with Gasteiger partial charge < -0.3 is 16.0 Å². The van der Waals surface area contributed by atoms with Crippen LogP contribution >= 0.6 is 0 Å². The summed E-state index contributed by atoms with van der Waals surface area (Å²) in [5, 5.41) is 4.64. The minimum Gasteiger partial charge on any atom is -0.399 e. The summed E-state index contributed by atoms with van der Waals surface area (Å²) in [5.74, 6) is 0. The van der Waals surface area contributed by atoms with E-state index in [1.165, 1.54) is 10.9 Å². The molecule has 1 heterocycles. The molecule has 1 aromatic heterocycles. The number of aromatic nitrogens is 1. The van der Waals surface area contributed by atoms with E-state index in [-0.39, 0.29) is 0 Å². The zero-order valence-electron chi connectivity index (χ0n) is 10.2. The maximum Gasteiger partial charge on any atom is 0.0458 e. The first-order chi connectivity index (χ1) is 8.74. The van der Waals surface area contributed by atoms with Gasteiger partial charge in [-0.1, -0.05) is 6.07 Å². The third kappa shape index (κ3) is 1.80. The number of nitrogens with two attached hydrogens (primary N) is 1. The monoisotopic (exact) mass is 237 g/mol. The van der Waals surface area contributed by atoms with Crippen molar-refractivity contribution in [1.29, 1.82) is 0 Å². The molecule has 0 radical (unpaired) electrons. The van der Waals surface area contributed by atoms with Crippen LogP contribution in [0.5, 0.6) is 0 Å². The number of benzene rings is 2. The van der Waals surface area contributed by atoms with Crippen molar-refractivity contribution in [3.05, 3.63) is 54.2 Å². The van der Waals surface area contributed by atoms with Gasteiger partial charge in [-0.2, -0.15) is 0 Å². The molecule has 3 heteroatoms. The highest BCUT2D eigenvalue weighted by Crippen LogP contribution is 2.27. The number of rotatable bonds is 2. The lowest BCUT2D eigenvalue weighted by Crippen LogP contribution is -1.94. The van der Waals surface area contributed by atoms with Gasteiger partial charge in [0.2, 0.25) is 0 Å². The molecule has 0 saturated carbocycles. The minimum atomic E-state index is 0.764. The summed E-state index contributed by atoms with van der Waals surface area (Å²) in [7, 11) is 0. The highest BCUT2D eigenvalue weighted by molar-refractivity contribution is 5.88. The molecule has 0 bridgehead atoms. The van der Waals surface area contributed by atoms with Crippen LogP contribution in [0, 0.1) is 6.92 Å². The number of hydrogen-bond donors (Lipinski definition) is 3. The van der Waals surface area contributed by atoms with Crippen LogP contribution in [-0.2, 0) is 0 Å². The molecule has 3 aromatic rings. The Morgan fingerprint density at radius 1 is 1.11 bits per heavy atom. The molecule has 0 spiro atoms.